The average Bonchev–Trinajstić information content (AvgIpc) is 3.32. The summed E-state index contributed by atoms with van der Waals surface area (Å²) in [5.41, 5.74) is 4.20. The van der Waals surface area contributed by atoms with Crippen molar-refractivity contribution in [3.8, 4) is 0 Å². The first-order valence-electron chi connectivity index (χ1n) is 9.59. The smallest absolute Gasteiger partial charge is 0.191 e. The van der Waals surface area contributed by atoms with Crippen LogP contribution in [-0.2, 0) is 0 Å². The summed E-state index contributed by atoms with van der Waals surface area (Å²) in [6, 6.07) is 7.25. The van der Waals surface area contributed by atoms with Gasteiger partial charge in [0.1, 0.15) is 0 Å². The van der Waals surface area contributed by atoms with Crippen LogP contribution in [0.15, 0.2) is 23.2 Å². The second-order valence-electron chi connectivity index (χ2n) is 7.51. The molecule has 1 heterocycles. The van der Waals surface area contributed by atoms with Crippen molar-refractivity contribution in [1.29, 1.82) is 0 Å². The Bertz CT molecular complexity index is 610. The van der Waals surface area contributed by atoms with Crippen molar-refractivity contribution in [1.82, 2.24) is 15.5 Å². The SMILES string of the molecule is CN=C(NCCN1CCN(c2cccc(C)c2C)CC1)NC1CC1C.I. The zero-order valence-electron chi connectivity index (χ0n) is 16.6. The molecule has 0 bridgehead atoms. The van der Waals surface area contributed by atoms with Gasteiger partial charge in [-0.05, 0) is 43.4 Å². The van der Waals surface area contributed by atoms with Gasteiger partial charge in [-0.1, -0.05) is 19.1 Å². The minimum Gasteiger partial charge on any atom is -0.369 e. The number of benzene rings is 1. The maximum absolute atomic E-state index is 4.32. The molecule has 6 heteroatoms. The number of aryl methyl sites for hydroxylation is 1. The first-order chi connectivity index (χ1) is 12.1. The first kappa shape index (κ1) is 21.3. The van der Waals surface area contributed by atoms with Crippen LogP contribution in [0.4, 0.5) is 5.69 Å². The minimum atomic E-state index is 0. The molecule has 5 nitrogen and oxygen atoms in total. The fourth-order valence-electron chi connectivity index (χ4n) is 3.52. The van der Waals surface area contributed by atoms with Crippen molar-refractivity contribution in [2.24, 2.45) is 10.9 Å². The second kappa shape index (κ2) is 9.78. The molecule has 0 spiro atoms. The van der Waals surface area contributed by atoms with Gasteiger partial charge in [-0.3, -0.25) is 9.89 Å². The molecule has 1 aliphatic carbocycles. The van der Waals surface area contributed by atoms with Gasteiger partial charge < -0.3 is 15.5 Å². The van der Waals surface area contributed by atoms with Crippen molar-refractivity contribution in [3.63, 3.8) is 0 Å². The summed E-state index contributed by atoms with van der Waals surface area (Å²) in [5, 5.41) is 6.93. The van der Waals surface area contributed by atoms with E-state index in [0.29, 0.717) is 6.04 Å². The van der Waals surface area contributed by atoms with Crippen LogP contribution in [0, 0.1) is 19.8 Å². The van der Waals surface area contributed by atoms with Crippen LogP contribution in [0.5, 0.6) is 0 Å². The third-order valence-electron chi connectivity index (χ3n) is 5.66. The lowest BCUT2D eigenvalue weighted by Crippen LogP contribution is -2.49. The second-order valence-corrected chi connectivity index (χ2v) is 7.51. The van der Waals surface area contributed by atoms with E-state index in [2.05, 4.69) is 64.4 Å². The molecule has 1 saturated heterocycles. The lowest BCUT2D eigenvalue weighted by molar-refractivity contribution is 0.261. The number of nitrogens with one attached hydrogen (secondary N) is 2. The van der Waals surface area contributed by atoms with Gasteiger partial charge in [-0.2, -0.15) is 0 Å². The first-order valence-corrected chi connectivity index (χ1v) is 9.59. The monoisotopic (exact) mass is 471 g/mol. The Hall–Kier alpha value is -1.02. The summed E-state index contributed by atoms with van der Waals surface area (Å²) >= 11 is 0. The van der Waals surface area contributed by atoms with Crippen molar-refractivity contribution in [2.75, 3.05) is 51.2 Å². The summed E-state index contributed by atoms with van der Waals surface area (Å²) in [6.07, 6.45) is 1.26. The van der Waals surface area contributed by atoms with Crippen molar-refractivity contribution < 1.29 is 0 Å². The van der Waals surface area contributed by atoms with E-state index in [1.807, 2.05) is 7.05 Å². The van der Waals surface area contributed by atoms with Gasteiger partial charge in [0.2, 0.25) is 0 Å². The Morgan fingerprint density at radius 3 is 2.50 bits per heavy atom. The third-order valence-corrected chi connectivity index (χ3v) is 5.66. The van der Waals surface area contributed by atoms with Crippen LogP contribution in [0.1, 0.15) is 24.5 Å². The van der Waals surface area contributed by atoms with Gasteiger partial charge in [0.15, 0.2) is 5.96 Å². The Labute approximate surface area is 175 Å². The van der Waals surface area contributed by atoms with E-state index >= 15 is 0 Å². The molecule has 146 valence electrons. The van der Waals surface area contributed by atoms with Crippen molar-refractivity contribution >= 4 is 35.6 Å². The zero-order valence-corrected chi connectivity index (χ0v) is 18.9. The molecule has 1 aromatic rings. The molecule has 2 aliphatic rings. The highest BCUT2D eigenvalue weighted by Crippen LogP contribution is 2.28. The number of halogens is 1. The van der Waals surface area contributed by atoms with Gasteiger partial charge in [0, 0.05) is 58.0 Å². The number of hydrogen-bond donors (Lipinski definition) is 2. The van der Waals surface area contributed by atoms with Crippen LogP contribution in [0.3, 0.4) is 0 Å². The van der Waals surface area contributed by atoms with Gasteiger partial charge >= 0.3 is 0 Å². The van der Waals surface area contributed by atoms with Crippen LogP contribution < -0.4 is 15.5 Å². The van der Waals surface area contributed by atoms with E-state index in [1.165, 1.54) is 23.2 Å². The number of aliphatic imine (C=N–C) groups is 1. The summed E-state index contributed by atoms with van der Waals surface area (Å²) in [5.74, 6) is 1.74. The number of anilines is 1. The lowest BCUT2D eigenvalue weighted by Gasteiger charge is -2.37. The zero-order chi connectivity index (χ0) is 17.8. The quantitative estimate of drug-likeness (QED) is 0.394. The van der Waals surface area contributed by atoms with Gasteiger partial charge in [-0.25, -0.2) is 0 Å². The summed E-state index contributed by atoms with van der Waals surface area (Å²) in [6.45, 7) is 13.2. The lowest BCUT2D eigenvalue weighted by atomic mass is 10.1. The van der Waals surface area contributed by atoms with Crippen molar-refractivity contribution in [2.45, 2.75) is 33.2 Å². The highest BCUT2D eigenvalue weighted by Gasteiger charge is 2.33. The molecule has 1 saturated carbocycles. The Morgan fingerprint density at radius 2 is 1.88 bits per heavy atom. The number of piperazine rings is 1. The van der Waals surface area contributed by atoms with Crippen LogP contribution in [-0.4, -0.2) is 63.2 Å². The summed E-state index contributed by atoms with van der Waals surface area (Å²) in [4.78, 5) is 9.39. The molecule has 26 heavy (non-hydrogen) atoms. The van der Waals surface area contributed by atoms with Crippen LogP contribution >= 0.6 is 24.0 Å². The van der Waals surface area contributed by atoms with E-state index in [1.54, 1.807) is 0 Å². The molecule has 0 radical (unpaired) electrons. The topological polar surface area (TPSA) is 42.9 Å². The molecular weight excluding hydrogens is 437 g/mol. The third kappa shape index (κ3) is 5.49. The predicted molar refractivity (Wildman–Crippen MR) is 122 cm³/mol. The molecule has 0 amide bonds. The van der Waals surface area contributed by atoms with E-state index in [4.69, 9.17) is 0 Å². The molecule has 0 aromatic heterocycles. The summed E-state index contributed by atoms with van der Waals surface area (Å²) in [7, 11) is 1.85. The fourth-order valence-corrected chi connectivity index (χ4v) is 3.52. The van der Waals surface area contributed by atoms with E-state index in [-0.39, 0.29) is 24.0 Å². The molecular formula is C20H34IN5. The molecule has 1 aliphatic heterocycles. The van der Waals surface area contributed by atoms with Gasteiger partial charge in [0.05, 0.1) is 0 Å². The van der Waals surface area contributed by atoms with Gasteiger partial charge in [-0.15, -0.1) is 24.0 Å². The van der Waals surface area contributed by atoms with Crippen LogP contribution in [0.25, 0.3) is 0 Å². The number of nitrogens with zero attached hydrogens (tertiary/aromatic N) is 3. The highest BCUT2D eigenvalue weighted by atomic mass is 127. The average molecular weight is 471 g/mol. The summed E-state index contributed by atoms with van der Waals surface area (Å²) < 4.78 is 0. The van der Waals surface area contributed by atoms with Gasteiger partial charge in [0.25, 0.3) is 0 Å². The van der Waals surface area contributed by atoms with Crippen LogP contribution in [0.2, 0.25) is 0 Å². The number of rotatable bonds is 5. The molecule has 2 atom stereocenters. The molecule has 2 fully saturated rings. The predicted octanol–water partition coefficient (Wildman–Crippen LogP) is 2.62. The largest absolute Gasteiger partial charge is 0.369 e. The fraction of sp³-hybridized carbons (Fsp3) is 0.650. The number of guanidine groups is 1. The maximum Gasteiger partial charge on any atom is 0.191 e. The highest BCUT2D eigenvalue weighted by molar-refractivity contribution is 14.0. The molecule has 2 unspecified atom stereocenters. The standard InChI is InChI=1S/C20H33N5.HI/c1-15-6-5-7-19(17(15)3)25-12-10-24(11-13-25)9-8-22-20(21-4)23-18-14-16(18)2;/h5-7,16,18H,8-14H2,1-4H3,(H2,21,22,23);1H. The Kier molecular flexibility index (Phi) is 8.01. The van der Waals surface area contributed by atoms with Crippen molar-refractivity contribution in [3.05, 3.63) is 29.3 Å². The maximum atomic E-state index is 4.32. The Morgan fingerprint density at radius 1 is 1.19 bits per heavy atom. The normalized spacial score (nSPS) is 23.4. The van der Waals surface area contributed by atoms with E-state index < -0.39 is 0 Å². The van der Waals surface area contributed by atoms with E-state index in [0.717, 1.165) is 51.1 Å². The molecule has 3 rings (SSSR count). The minimum absolute atomic E-state index is 0. The Balaban J connectivity index is 0.00000243. The van der Waals surface area contributed by atoms with E-state index in [9.17, 15) is 0 Å². The number of hydrogen-bond acceptors (Lipinski definition) is 3. The molecule has 2 N–H and O–H groups in total. The molecule has 1 aromatic carbocycles.